The highest BCUT2D eigenvalue weighted by molar-refractivity contribution is 7.99. The maximum Gasteiger partial charge on any atom is 0.295 e. The molecule has 0 saturated carbocycles. The summed E-state index contributed by atoms with van der Waals surface area (Å²) in [5.41, 5.74) is 0.548. The minimum absolute atomic E-state index is 0.0846. The summed E-state index contributed by atoms with van der Waals surface area (Å²) in [6.07, 6.45) is 1.89. The molecule has 2 N–H and O–H groups in total. The van der Waals surface area contributed by atoms with Crippen LogP contribution in [0.25, 0.3) is 0 Å². The van der Waals surface area contributed by atoms with Crippen molar-refractivity contribution < 1.29 is 12.8 Å². The standard InChI is InChI=1S/C13H16N2O3S2/c1-14-9-10-7-8-13(18-10)20(16,17)15-11-5-3-4-6-12(11)19-2/h3-8,14-15H,9H2,1-2H3. The summed E-state index contributed by atoms with van der Waals surface area (Å²) in [4.78, 5) is 0.859. The van der Waals surface area contributed by atoms with E-state index in [9.17, 15) is 8.42 Å². The van der Waals surface area contributed by atoms with Crippen molar-refractivity contribution in [2.24, 2.45) is 0 Å². The van der Waals surface area contributed by atoms with Gasteiger partial charge in [-0.3, -0.25) is 4.72 Å². The van der Waals surface area contributed by atoms with Gasteiger partial charge in [-0.05, 0) is 37.6 Å². The number of thioether (sulfide) groups is 1. The van der Waals surface area contributed by atoms with Gasteiger partial charge < -0.3 is 9.73 Å². The van der Waals surface area contributed by atoms with Crippen LogP contribution in [0.2, 0.25) is 0 Å². The van der Waals surface area contributed by atoms with Crippen LogP contribution in [-0.4, -0.2) is 21.7 Å². The van der Waals surface area contributed by atoms with Gasteiger partial charge >= 0.3 is 0 Å². The SMILES string of the molecule is CNCc1ccc(S(=O)(=O)Nc2ccccc2SC)o1. The lowest BCUT2D eigenvalue weighted by atomic mass is 10.3. The molecule has 0 spiro atoms. The van der Waals surface area contributed by atoms with E-state index in [1.54, 1.807) is 25.2 Å². The van der Waals surface area contributed by atoms with Gasteiger partial charge in [0.15, 0.2) is 0 Å². The molecular formula is C13H16N2O3S2. The molecule has 0 unspecified atom stereocenters. The molecule has 2 rings (SSSR count). The Balaban J connectivity index is 2.26. The van der Waals surface area contributed by atoms with E-state index in [1.807, 2.05) is 18.4 Å². The lowest BCUT2D eigenvalue weighted by molar-refractivity contribution is 0.408. The minimum Gasteiger partial charge on any atom is -0.446 e. The van der Waals surface area contributed by atoms with Crippen molar-refractivity contribution in [3.63, 3.8) is 0 Å². The van der Waals surface area contributed by atoms with Crippen LogP contribution in [0.1, 0.15) is 5.76 Å². The highest BCUT2D eigenvalue weighted by Gasteiger charge is 2.19. The van der Waals surface area contributed by atoms with E-state index in [4.69, 9.17) is 4.42 Å². The Labute approximate surface area is 122 Å². The molecule has 0 amide bonds. The van der Waals surface area contributed by atoms with Gasteiger partial charge in [-0.2, -0.15) is 8.42 Å². The molecule has 0 aliphatic carbocycles. The summed E-state index contributed by atoms with van der Waals surface area (Å²) in [5.74, 6) is 0.575. The number of benzene rings is 1. The number of anilines is 1. The van der Waals surface area contributed by atoms with E-state index in [0.717, 1.165) is 4.90 Å². The molecular weight excluding hydrogens is 296 g/mol. The highest BCUT2D eigenvalue weighted by atomic mass is 32.2. The first-order valence-corrected chi connectivity index (χ1v) is 8.67. The van der Waals surface area contributed by atoms with Crippen molar-refractivity contribution in [3.05, 3.63) is 42.2 Å². The van der Waals surface area contributed by atoms with Crippen LogP contribution in [0.15, 0.2) is 50.8 Å². The summed E-state index contributed by atoms with van der Waals surface area (Å²) >= 11 is 1.48. The zero-order chi connectivity index (χ0) is 14.6. The van der Waals surface area contributed by atoms with Crippen LogP contribution in [0, 0.1) is 0 Å². The fraction of sp³-hybridized carbons (Fsp3) is 0.231. The first-order chi connectivity index (χ1) is 9.56. The maximum atomic E-state index is 12.3. The Morgan fingerprint density at radius 3 is 2.65 bits per heavy atom. The van der Waals surface area contributed by atoms with Crippen molar-refractivity contribution in [2.45, 2.75) is 16.5 Å². The van der Waals surface area contributed by atoms with Crippen molar-refractivity contribution >= 4 is 27.5 Å². The topological polar surface area (TPSA) is 71.3 Å². The predicted molar refractivity (Wildman–Crippen MR) is 80.5 cm³/mol. The molecule has 2 aromatic rings. The second-order valence-corrected chi connectivity index (χ2v) is 6.52. The maximum absolute atomic E-state index is 12.3. The molecule has 1 aromatic carbocycles. The fourth-order valence-corrected chi connectivity index (χ4v) is 3.35. The molecule has 108 valence electrons. The van der Waals surface area contributed by atoms with E-state index in [-0.39, 0.29) is 5.09 Å². The smallest absolute Gasteiger partial charge is 0.295 e. The molecule has 0 aliphatic heterocycles. The lowest BCUT2D eigenvalue weighted by Gasteiger charge is -2.09. The summed E-state index contributed by atoms with van der Waals surface area (Å²) in [6, 6.07) is 10.3. The highest BCUT2D eigenvalue weighted by Crippen LogP contribution is 2.27. The summed E-state index contributed by atoms with van der Waals surface area (Å²) in [6.45, 7) is 0.483. The number of rotatable bonds is 6. The van der Waals surface area contributed by atoms with Gasteiger partial charge in [-0.25, -0.2) is 0 Å². The van der Waals surface area contributed by atoms with E-state index in [1.165, 1.54) is 17.8 Å². The Hall–Kier alpha value is -1.44. The van der Waals surface area contributed by atoms with Crippen molar-refractivity contribution in [3.8, 4) is 0 Å². The molecule has 0 bridgehead atoms. The van der Waals surface area contributed by atoms with Crippen molar-refractivity contribution in [2.75, 3.05) is 18.0 Å². The van der Waals surface area contributed by atoms with Crippen LogP contribution < -0.4 is 10.0 Å². The number of nitrogens with one attached hydrogen (secondary N) is 2. The van der Waals surface area contributed by atoms with E-state index < -0.39 is 10.0 Å². The zero-order valence-electron chi connectivity index (χ0n) is 11.2. The Kier molecular flexibility index (Phi) is 4.74. The summed E-state index contributed by atoms with van der Waals surface area (Å²) in [5, 5.41) is 2.82. The van der Waals surface area contributed by atoms with E-state index in [0.29, 0.717) is 18.0 Å². The second kappa shape index (κ2) is 6.34. The van der Waals surface area contributed by atoms with Crippen molar-refractivity contribution in [1.29, 1.82) is 0 Å². The zero-order valence-corrected chi connectivity index (χ0v) is 12.8. The van der Waals surface area contributed by atoms with Crippen LogP contribution in [0.5, 0.6) is 0 Å². The first-order valence-electron chi connectivity index (χ1n) is 5.96. The fourth-order valence-electron chi connectivity index (χ4n) is 1.70. The molecule has 0 atom stereocenters. The van der Waals surface area contributed by atoms with Gasteiger partial charge in [0, 0.05) is 4.90 Å². The normalized spacial score (nSPS) is 11.5. The van der Waals surface area contributed by atoms with Gasteiger partial charge in [0.05, 0.1) is 12.2 Å². The van der Waals surface area contributed by atoms with Gasteiger partial charge in [-0.1, -0.05) is 12.1 Å². The number of sulfonamides is 1. The molecule has 7 heteroatoms. The molecule has 20 heavy (non-hydrogen) atoms. The largest absolute Gasteiger partial charge is 0.446 e. The molecule has 5 nitrogen and oxygen atoms in total. The Morgan fingerprint density at radius 1 is 1.20 bits per heavy atom. The number of furan rings is 1. The molecule has 0 saturated heterocycles. The van der Waals surface area contributed by atoms with Gasteiger partial charge in [0.25, 0.3) is 10.0 Å². The van der Waals surface area contributed by atoms with E-state index in [2.05, 4.69) is 10.0 Å². The third kappa shape index (κ3) is 3.36. The monoisotopic (exact) mass is 312 g/mol. The van der Waals surface area contributed by atoms with Crippen LogP contribution >= 0.6 is 11.8 Å². The lowest BCUT2D eigenvalue weighted by Crippen LogP contribution is -2.12. The average Bonchev–Trinajstić information content (AvgIpc) is 2.89. The number of hydrogen-bond donors (Lipinski definition) is 2. The van der Waals surface area contributed by atoms with Gasteiger partial charge in [0.2, 0.25) is 5.09 Å². The summed E-state index contributed by atoms with van der Waals surface area (Å²) in [7, 11) is -1.93. The second-order valence-electron chi connectivity index (χ2n) is 4.06. The number of para-hydroxylation sites is 1. The molecule has 0 aliphatic rings. The summed E-state index contributed by atoms with van der Waals surface area (Å²) < 4.78 is 32.4. The van der Waals surface area contributed by atoms with Crippen molar-refractivity contribution in [1.82, 2.24) is 5.32 Å². The molecule has 1 aromatic heterocycles. The molecule has 1 heterocycles. The third-order valence-electron chi connectivity index (χ3n) is 2.60. The molecule has 0 radical (unpaired) electrons. The quantitative estimate of drug-likeness (QED) is 0.802. The Bertz CT molecular complexity index is 680. The Morgan fingerprint density at radius 2 is 1.95 bits per heavy atom. The van der Waals surface area contributed by atoms with Crippen LogP contribution in [0.4, 0.5) is 5.69 Å². The minimum atomic E-state index is -3.70. The number of hydrogen-bond acceptors (Lipinski definition) is 5. The third-order valence-corrected chi connectivity index (χ3v) is 4.64. The van der Waals surface area contributed by atoms with E-state index >= 15 is 0 Å². The van der Waals surface area contributed by atoms with Crippen LogP contribution in [-0.2, 0) is 16.6 Å². The first kappa shape index (κ1) is 15.0. The van der Waals surface area contributed by atoms with Gasteiger partial charge in [0.1, 0.15) is 5.76 Å². The van der Waals surface area contributed by atoms with Gasteiger partial charge in [-0.15, -0.1) is 11.8 Å². The van der Waals surface area contributed by atoms with Crippen LogP contribution in [0.3, 0.4) is 0 Å². The average molecular weight is 312 g/mol. The molecule has 0 fully saturated rings. The predicted octanol–water partition coefficient (Wildman–Crippen LogP) is 2.52.